The maximum Gasteiger partial charge on any atom is 0.251 e. The molecule has 1 N–H and O–H groups in total. The molecule has 132 valence electrons. The number of carbonyl (C=O) groups excluding carboxylic acids is 1. The van der Waals surface area contributed by atoms with Crippen molar-refractivity contribution in [2.75, 3.05) is 26.2 Å². The van der Waals surface area contributed by atoms with Gasteiger partial charge in [-0.25, -0.2) is 8.78 Å². The smallest absolute Gasteiger partial charge is 0.251 e. The van der Waals surface area contributed by atoms with E-state index in [1.54, 1.807) is 0 Å². The van der Waals surface area contributed by atoms with Crippen molar-refractivity contribution in [3.05, 3.63) is 71.3 Å². The quantitative estimate of drug-likeness (QED) is 0.905. The Morgan fingerprint density at radius 3 is 2.72 bits per heavy atom. The van der Waals surface area contributed by atoms with Gasteiger partial charge in [-0.05, 0) is 23.8 Å². The lowest BCUT2D eigenvalue weighted by Crippen LogP contribution is -2.47. The minimum Gasteiger partial charge on any atom is -0.374 e. The van der Waals surface area contributed by atoms with Gasteiger partial charge in [-0.15, -0.1) is 0 Å². The number of nitrogens with zero attached hydrogens (tertiary/aromatic N) is 1. The highest BCUT2D eigenvalue weighted by Crippen LogP contribution is 2.11. The number of amides is 1. The zero-order chi connectivity index (χ0) is 17.6. The Kier molecular flexibility index (Phi) is 5.73. The molecular formula is C19H20F2N2O2. The van der Waals surface area contributed by atoms with Crippen LogP contribution in [0.1, 0.15) is 15.9 Å². The van der Waals surface area contributed by atoms with Gasteiger partial charge in [-0.3, -0.25) is 9.69 Å². The van der Waals surface area contributed by atoms with Gasteiger partial charge in [0, 0.05) is 31.7 Å². The van der Waals surface area contributed by atoms with Crippen LogP contribution in [0.25, 0.3) is 0 Å². The Balaban J connectivity index is 1.50. The summed E-state index contributed by atoms with van der Waals surface area (Å²) < 4.78 is 31.8. The van der Waals surface area contributed by atoms with Crippen molar-refractivity contribution >= 4 is 5.91 Å². The molecule has 2 aromatic rings. The van der Waals surface area contributed by atoms with E-state index >= 15 is 0 Å². The van der Waals surface area contributed by atoms with Crippen LogP contribution in [-0.2, 0) is 11.3 Å². The van der Waals surface area contributed by atoms with E-state index in [1.165, 1.54) is 11.6 Å². The lowest BCUT2D eigenvalue weighted by molar-refractivity contribution is -0.0292. The van der Waals surface area contributed by atoms with Crippen LogP contribution in [0.2, 0.25) is 0 Å². The van der Waals surface area contributed by atoms with E-state index in [0.29, 0.717) is 19.7 Å². The van der Waals surface area contributed by atoms with Gasteiger partial charge < -0.3 is 10.1 Å². The Morgan fingerprint density at radius 2 is 1.96 bits per heavy atom. The van der Waals surface area contributed by atoms with Crippen LogP contribution >= 0.6 is 0 Å². The molecule has 1 heterocycles. The van der Waals surface area contributed by atoms with E-state index < -0.39 is 17.5 Å². The van der Waals surface area contributed by atoms with E-state index in [1.807, 2.05) is 18.2 Å². The normalized spacial score (nSPS) is 18.1. The van der Waals surface area contributed by atoms with Crippen molar-refractivity contribution in [1.29, 1.82) is 0 Å². The number of hydrogen-bond acceptors (Lipinski definition) is 3. The van der Waals surface area contributed by atoms with Crippen molar-refractivity contribution in [3.8, 4) is 0 Å². The standard InChI is InChI=1S/C19H20F2N2O2/c20-17-7-6-15(10-18(17)21)19(24)22-11-16-13-23(8-9-25-16)12-14-4-2-1-3-5-14/h1-7,10,16H,8-9,11-13H2,(H,22,24)/t16-/m1/s1. The molecule has 1 atom stereocenters. The lowest BCUT2D eigenvalue weighted by Gasteiger charge is -2.33. The summed E-state index contributed by atoms with van der Waals surface area (Å²) in [6.45, 7) is 3.29. The van der Waals surface area contributed by atoms with Crippen molar-refractivity contribution in [3.63, 3.8) is 0 Å². The molecule has 1 saturated heterocycles. The minimum atomic E-state index is -1.03. The fourth-order valence-corrected chi connectivity index (χ4v) is 2.84. The molecule has 4 nitrogen and oxygen atoms in total. The van der Waals surface area contributed by atoms with Gasteiger partial charge >= 0.3 is 0 Å². The van der Waals surface area contributed by atoms with Crippen molar-refractivity contribution in [2.24, 2.45) is 0 Å². The average molecular weight is 346 g/mol. The molecular weight excluding hydrogens is 326 g/mol. The van der Waals surface area contributed by atoms with E-state index in [-0.39, 0.29) is 11.7 Å². The summed E-state index contributed by atoms with van der Waals surface area (Å²) in [5.41, 5.74) is 1.32. The summed E-state index contributed by atoms with van der Waals surface area (Å²) in [6, 6.07) is 13.3. The Morgan fingerprint density at radius 1 is 1.16 bits per heavy atom. The molecule has 0 aliphatic carbocycles. The number of morpholine rings is 1. The van der Waals surface area contributed by atoms with E-state index in [9.17, 15) is 13.6 Å². The van der Waals surface area contributed by atoms with Gasteiger partial charge in [-0.2, -0.15) is 0 Å². The number of hydrogen-bond donors (Lipinski definition) is 1. The minimum absolute atomic E-state index is 0.0934. The molecule has 0 aromatic heterocycles. The van der Waals surface area contributed by atoms with Crippen LogP contribution in [0.3, 0.4) is 0 Å². The highest BCUT2D eigenvalue weighted by Gasteiger charge is 2.21. The first-order chi connectivity index (χ1) is 12.1. The van der Waals surface area contributed by atoms with E-state index in [2.05, 4.69) is 22.3 Å². The number of ether oxygens (including phenoxy) is 1. The average Bonchev–Trinajstić information content (AvgIpc) is 2.63. The first-order valence-electron chi connectivity index (χ1n) is 8.23. The van der Waals surface area contributed by atoms with Crippen molar-refractivity contribution in [1.82, 2.24) is 10.2 Å². The molecule has 0 saturated carbocycles. The maximum atomic E-state index is 13.2. The highest BCUT2D eigenvalue weighted by atomic mass is 19.2. The zero-order valence-electron chi connectivity index (χ0n) is 13.8. The molecule has 1 fully saturated rings. The zero-order valence-corrected chi connectivity index (χ0v) is 13.8. The second kappa shape index (κ2) is 8.18. The molecule has 2 aromatic carbocycles. The third-order valence-corrected chi connectivity index (χ3v) is 4.14. The highest BCUT2D eigenvalue weighted by molar-refractivity contribution is 5.94. The summed E-state index contributed by atoms with van der Waals surface area (Å²) >= 11 is 0. The first-order valence-corrected chi connectivity index (χ1v) is 8.23. The number of benzene rings is 2. The Labute approximate surface area is 145 Å². The summed E-state index contributed by atoms with van der Waals surface area (Å²) in [6.07, 6.45) is -0.133. The predicted octanol–water partition coefficient (Wildman–Crippen LogP) is 2.60. The third kappa shape index (κ3) is 4.84. The third-order valence-electron chi connectivity index (χ3n) is 4.14. The van der Waals surface area contributed by atoms with Gasteiger partial charge in [0.1, 0.15) is 0 Å². The molecule has 1 amide bonds. The van der Waals surface area contributed by atoms with Crippen LogP contribution < -0.4 is 5.32 Å². The second-order valence-corrected chi connectivity index (χ2v) is 6.05. The van der Waals surface area contributed by atoms with Crippen LogP contribution in [0.5, 0.6) is 0 Å². The molecule has 0 radical (unpaired) electrons. The fraction of sp³-hybridized carbons (Fsp3) is 0.316. The molecule has 25 heavy (non-hydrogen) atoms. The van der Waals surface area contributed by atoms with E-state index in [4.69, 9.17) is 4.74 Å². The number of rotatable bonds is 5. The molecule has 1 aliphatic rings. The molecule has 6 heteroatoms. The number of nitrogens with one attached hydrogen (secondary N) is 1. The summed E-state index contributed by atoms with van der Waals surface area (Å²) in [4.78, 5) is 14.3. The fourth-order valence-electron chi connectivity index (χ4n) is 2.84. The van der Waals surface area contributed by atoms with Gasteiger partial charge in [0.25, 0.3) is 5.91 Å². The monoisotopic (exact) mass is 346 g/mol. The van der Waals surface area contributed by atoms with Crippen LogP contribution in [-0.4, -0.2) is 43.2 Å². The van der Waals surface area contributed by atoms with E-state index in [0.717, 1.165) is 25.2 Å². The summed E-state index contributed by atoms with van der Waals surface area (Å²) in [5, 5.41) is 2.72. The molecule has 1 aliphatic heterocycles. The van der Waals surface area contributed by atoms with Crippen LogP contribution in [0.4, 0.5) is 8.78 Å². The van der Waals surface area contributed by atoms with Crippen LogP contribution in [0, 0.1) is 11.6 Å². The Bertz CT molecular complexity index is 725. The van der Waals surface area contributed by atoms with Gasteiger partial charge in [0.05, 0.1) is 12.7 Å². The van der Waals surface area contributed by atoms with Gasteiger partial charge in [-0.1, -0.05) is 30.3 Å². The first kappa shape index (κ1) is 17.5. The largest absolute Gasteiger partial charge is 0.374 e. The van der Waals surface area contributed by atoms with Gasteiger partial charge in [0.2, 0.25) is 0 Å². The topological polar surface area (TPSA) is 41.6 Å². The van der Waals surface area contributed by atoms with Crippen LogP contribution in [0.15, 0.2) is 48.5 Å². The Hall–Kier alpha value is -2.31. The SMILES string of the molecule is O=C(NC[C@@H]1CN(Cc2ccccc2)CCO1)c1ccc(F)c(F)c1. The molecule has 0 spiro atoms. The van der Waals surface area contributed by atoms with Gasteiger partial charge in [0.15, 0.2) is 11.6 Å². The number of carbonyl (C=O) groups is 1. The molecule has 0 bridgehead atoms. The number of halogens is 2. The van der Waals surface area contributed by atoms with Crippen molar-refractivity contribution < 1.29 is 18.3 Å². The second-order valence-electron chi connectivity index (χ2n) is 6.05. The van der Waals surface area contributed by atoms with Crippen molar-refractivity contribution in [2.45, 2.75) is 12.6 Å². The summed E-state index contributed by atoms with van der Waals surface area (Å²) in [5.74, 6) is -2.44. The predicted molar refractivity (Wildman–Crippen MR) is 90.2 cm³/mol. The summed E-state index contributed by atoms with van der Waals surface area (Å²) in [7, 11) is 0. The molecule has 0 unspecified atom stereocenters. The maximum absolute atomic E-state index is 13.2. The lowest BCUT2D eigenvalue weighted by atomic mass is 10.1. The molecule has 3 rings (SSSR count).